The third kappa shape index (κ3) is 8.53. The summed E-state index contributed by atoms with van der Waals surface area (Å²) in [7, 11) is 0. The van der Waals surface area contributed by atoms with E-state index in [0.29, 0.717) is 36.8 Å². The van der Waals surface area contributed by atoms with Crippen LogP contribution in [0.5, 0.6) is 23.0 Å². The van der Waals surface area contributed by atoms with E-state index in [1.54, 1.807) is 24.3 Å². The second kappa shape index (κ2) is 15.4. The van der Waals surface area contributed by atoms with Gasteiger partial charge in [-0.05, 0) is 126 Å². The summed E-state index contributed by atoms with van der Waals surface area (Å²) in [6.45, 7) is 16.5. The van der Waals surface area contributed by atoms with E-state index in [0.717, 1.165) is 48.0 Å². The molecule has 0 unspecified atom stereocenters. The molecule has 0 fully saturated rings. The van der Waals surface area contributed by atoms with Crippen molar-refractivity contribution in [3.8, 4) is 23.0 Å². The Balaban J connectivity index is 1.22. The lowest BCUT2D eigenvalue weighted by Crippen LogP contribution is -2.17. The highest BCUT2D eigenvalue weighted by Crippen LogP contribution is 2.48. The first-order valence-electron chi connectivity index (χ1n) is 16.3. The summed E-state index contributed by atoms with van der Waals surface area (Å²) >= 11 is 0. The van der Waals surface area contributed by atoms with Crippen molar-refractivity contribution in [2.75, 3.05) is 13.2 Å². The Morgan fingerprint density at radius 3 is 1.39 bits per heavy atom. The van der Waals surface area contributed by atoms with E-state index >= 15 is 0 Å². The lowest BCUT2D eigenvalue weighted by Gasteiger charge is -2.31. The molecule has 0 heterocycles. The van der Waals surface area contributed by atoms with Crippen LogP contribution in [-0.2, 0) is 22.5 Å². The zero-order chi connectivity index (χ0) is 33.5. The van der Waals surface area contributed by atoms with Gasteiger partial charge in [0.25, 0.3) is 0 Å². The molecule has 4 rings (SSSR count). The lowest BCUT2D eigenvalue weighted by atomic mass is 9.73. The van der Waals surface area contributed by atoms with Gasteiger partial charge in [0.2, 0.25) is 0 Å². The summed E-state index contributed by atoms with van der Waals surface area (Å²) in [6, 6.07) is 6.67. The molecule has 0 amide bonds. The zero-order valence-corrected chi connectivity index (χ0v) is 27.7. The van der Waals surface area contributed by atoms with Crippen molar-refractivity contribution >= 4 is 0 Å². The Hall–Kier alpha value is -4.20. The van der Waals surface area contributed by atoms with Gasteiger partial charge < -0.3 is 20.4 Å². The van der Waals surface area contributed by atoms with E-state index in [-0.39, 0.29) is 65.0 Å². The van der Waals surface area contributed by atoms with Crippen LogP contribution in [0.2, 0.25) is 0 Å². The Morgan fingerprint density at radius 2 is 1.07 bits per heavy atom. The summed E-state index contributed by atoms with van der Waals surface area (Å²) in [5.41, 5.74) is 7.08. The highest BCUT2D eigenvalue weighted by atomic mass is 17.0. The number of aromatic hydroxyl groups is 4. The second-order valence-electron chi connectivity index (χ2n) is 13.3. The second-order valence-corrected chi connectivity index (χ2v) is 13.3. The molecule has 2 aromatic carbocycles. The number of nitrogens with zero attached hydrogens (tertiary/aromatic N) is 1. The molecule has 0 radical (unpaired) electrons. The quantitative estimate of drug-likeness (QED) is 0.0934. The minimum Gasteiger partial charge on any atom is -0.507 e. The Bertz CT molecular complexity index is 1360. The van der Waals surface area contributed by atoms with Crippen molar-refractivity contribution in [2.24, 2.45) is 11.8 Å². The van der Waals surface area contributed by atoms with E-state index in [1.807, 2.05) is 13.8 Å². The van der Waals surface area contributed by atoms with Gasteiger partial charge in [0.15, 0.2) is 13.2 Å². The maximum absolute atomic E-state index is 12.0. The maximum atomic E-state index is 12.0. The zero-order valence-electron chi connectivity index (χ0n) is 27.7. The molecular formula is C38H50NO7+. The minimum absolute atomic E-state index is 0.0557. The van der Waals surface area contributed by atoms with Gasteiger partial charge in [-0.1, -0.05) is 47.6 Å². The predicted octanol–water partition coefficient (Wildman–Crippen LogP) is 8.75. The first-order valence-corrected chi connectivity index (χ1v) is 16.3. The highest BCUT2D eigenvalue weighted by molar-refractivity contribution is 5.53. The number of phenolic OH excluding ortho intramolecular Hbond substituents is 4. The largest absolute Gasteiger partial charge is 0.507 e. The average molecular weight is 633 g/mol. The van der Waals surface area contributed by atoms with E-state index in [4.69, 9.17) is 9.68 Å². The van der Waals surface area contributed by atoms with Crippen molar-refractivity contribution in [3.63, 3.8) is 0 Å². The molecule has 0 aliphatic heterocycles. The van der Waals surface area contributed by atoms with E-state index < -0.39 is 0 Å². The number of aryl methyl sites for hydroxylation is 2. The van der Waals surface area contributed by atoms with Gasteiger partial charge in [0, 0.05) is 23.0 Å². The topological polar surface area (TPSA) is 119 Å². The summed E-state index contributed by atoms with van der Waals surface area (Å²) in [4.78, 5) is 22.3. The smallest absolute Gasteiger partial charge is 0.477 e. The van der Waals surface area contributed by atoms with Gasteiger partial charge in [-0.2, -0.15) is 9.68 Å². The molecule has 0 saturated heterocycles. The van der Waals surface area contributed by atoms with Crippen molar-refractivity contribution in [3.05, 3.63) is 99.0 Å². The van der Waals surface area contributed by atoms with E-state index in [2.05, 4.69) is 39.2 Å². The van der Waals surface area contributed by atoms with Crippen molar-refractivity contribution in [2.45, 2.75) is 90.9 Å². The van der Waals surface area contributed by atoms with Crippen molar-refractivity contribution in [1.82, 2.24) is 0 Å². The van der Waals surface area contributed by atoms with Crippen LogP contribution >= 0.6 is 0 Å². The Kier molecular flexibility index (Phi) is 11.6. The fraction of sp³-hybridized carbons (Fsp3) is 0.474. The predicted molar refractivity (Wildman–Crippen MR) is 180 cm³/mol. The van der Waals surface area contributed by atoms with Crippen LogP contribution in [0.4, 0.5) is 0 Å². The SMILES string of the molecule is C=C(C)[C@@H]1CCC(C)=C[C@H]1c1c(O)cc(CCCO[N+](=O)OCCCc2cc(O)c([C@@H]3C=C(C)CC[C@H]3C(=C)C)c(O)c2)cc1O. The summed E-state index contributed by atoms with van der Waals surface area (Å²) in [5.74, 6) is 0.295. The van der Waals surface area contributed by atoms with Crippen LogP contribution in [0.3, 0.4) is 0 Å². The fourth-order valence-corrected chi connectivity index (χ4v) is 7.01. The molecule has 0 saturated carbocycles. The lowest BCUT2D eigenvalue weighted by molar-refractivity contribution is -0.981. The first-order chi connectivity index (χ1) is 21.8. The molecule has 2 aliphatic carbocycles. The first kappa shape index (κ1) is 34.7. The molecule has 248 valence electrons. The third-order valence-electron chi connectivity index (χ3n) is 9.43. The molecule has 4 N–H and O–H groups in total. The standard InChI is InChI=1S/C38H49NO7/c1-23(2)29-13-11-25(5)17-31(29)37-33(40)19-27(20-34(37)41)9-7-15-45-39(44)46-16-8-10-28-21-35(42)38(36(43)22-28)32-18-26(6)12-14-30(32)24(3)4/h17-22,29-32H,1,3,7-16H2,2,4-6H3,(H3-,40,41,42,43)/p+1/t29-,30-,31+,32+/m0/s1. The van der Waals surface area contributed by atoms with Crippen LogP contribution in [0.1, 0.15) is 100 Å². The van der Waals surface area contributed by atoms with Crippen molar-refractivity contribution in [1.29, 1.82) is 0 Å². The van der Waals surface area contributed by atoms with Crippen LogP contribution in [-0.4, -0.2) is 38.7 Å². The van der Waals surface area contributed by atoms with Gasteiger partial charge in [-0.25, -0.2) is 0 Å². The number of hydrogen-bond acceptors (Lipinski definition) is 7. The summed E-state index contributed by atoms with van der Waals surface area (Å²) in [5, 5.41) is 43.5. The molecule has 2 aromatic rings. The van der Waals surface area contributed by atoms with Gasteiger partial charge in [0.05, 0.1) is 0 Å². The third-order valence-corrected chi connectivity index (χ3v) is 9.43. The van der Waals surface area contributed by atoms with Crippen LogP contribution in [0.15, 0.2) is 71.9 Å². The maximum Gasteiger partial charge on any atom is 0.477 e. The van der Waals surface area contributed by atoms with Gasteiger partial charge in [-0.3, -0.25) is 0 Å². The number of phenols is 4. The van der Waals surface area contributed by atoms with Crippen LogP contribution < -0.4 is 0 Å². The number of rotatable bonds is 14. The number of hydrogen-bond donors (Lipinski definition) is 4. The molecule has 4 atom stereocenters. The highest BCUT2D eigenvalue weighted by Gasteiger charge is 2.31. The molecule has 8 heteroatoms. The monoisotopic (exact) mass is 632 g/mol. The summed E-state index contributed by atoms with van der Waals surface area (Å²) < 4.78 is 0. The molecule has 2 aliphatic rings. The fourth-order valence-electron chi connectivity index (χ4n) is 7.01. The Morgan fingerprint density at radius 1 is 0.717 bits per heavy atom. The summed E-state index contributed by atoms with van der Waals surface area (Å²) in [6.07, 6.45) is 9.99. The number of allylic oxidation sites excluding steroid dienone is 6. The molecule has 46 heavy (non-hydrogen) atoms. The molecule has 0 spiro atoms. The molecule has 8 nitrogen and oxygen atoms in total. The molecule has 0 bridgehead atoms. The van der Waals surface area contributed by atoms with Crippen LogP contribution in [0.25, 0.3) is 0 Å². The van der Waals surface area contributed by atoms with E-state index in [9.17, 15) is 25.3 Å². The van der Waals surface area contributed by atoms with E-state index in [1.165, 1.54) is 11.1 Å². The molecular weight excluding hydrogens is 582 g/mol. The Labute approximate surface area is 272 Å². The normalized spacial score (nSPS) is 21.2. The van der Waals surface area contributed by atoms with Crippen molar-refractivity contribution < 1.29 is 35.2 Å². The number of benzene rings is 2. The minimum atomic E-state index is -0.122. The van der Waals surface area contributed by atoms with Gasteiger partial charge in [0.1, 0.15) is 27.9 Å². The van der Waals surface area contributed by atoms with Gasteiger partial charge >= 0.3 is 5.09 Å². The average Bonchev–Trinajstić information content (AvgIpc) is 2.97. The van der Waals surface area contributed by atoms with Crippen LogP contribution in [0, 0.1) is 16.7 Å². The van der Waals surface area contributed by atoms with Gasteiger partial charge in [-0.15, -0.1) is 0 Å². The molecule has 0 aromatic heterocycles.